The predicted octanol–water partition coefficient (Wildman–Crippen LogP) is 3.15. The van der Waals surface area contributed by atoms with Crippen LogP contribution >= 0.6 is 0 Å². The average Bonchev–Trinajstić information content (AvgIpc) is 3.14. The third-order valence-corrected chi connectivity index (χ3v) is 3.63. The predicted molar refractivity (Wildman–Crippen MR) is 78.8 cm³/mol. The summed E-state index contributed by atoms with van der Waals surface area (Å²) in [5.41, 5.74) is 4.08. The van der Waals surface area contributed by atoms with Gasteiger partial charge in [-0.25, -0.2) is 4.98 Å². The van der Waals surface area contributed by atoms with Crippen molar-refractivity contribution in [1.82, 2.24) is 15.1 Å². The summed E-state index contributed by atoms with van der Waals surface area (Å²) in [4.78, 5) is 8.90. The Bertz CT molecular complexity index is 771. The first-order valence-electron chi connectivity index (χ1n) is 6.92. The first-order valence-corrected chi connectivity index (χ1v) is 6.92. The van der Waals surface area contributed by atoms with Crippen molar-refractivity contribution in [2.24, 2.45) is 0 Å². The van der Waals surface area contributed by atoms with Gasteiger partial charge in [-0.15, -0.1) is 0 Å². The first-order chi connectivity index (χ1) is 10.3. The quantitative estimate of drug-likeness (QED) is 0.780. The van der Waals surface area contributed by atoms with Gasteiger partial charge in [0, 0.05) is 17.8 Å². The Morgan fingerprint density at radius 1 is 1.10 bits per heavy atom. The number of rotatable bonds is 2. The molecule has 0 aliphatic carbocycles. The van der Waals surface area contributed by atoms with Crippen LogP contribution in [0.25, 0.3) is 11.5 Å². The first kappa shape index (κ1) is 12.1. The van der Waals surface area contributed by atoms with Crippen molar-refractivity contribution in [2.45, 2.75) is 19.4 Å². The fourth-order valence-corrected chi connectivity index (χ4v) is 2.60. The lowest BCUT2D eigenvalue weighted by molar-refractivity contribution is 0.364. The van der Waals surface area contributed by atoms with E-state index in [1.165, 1.54) is 5.56 Å². The number of benzene rings is 1. The van der Waals surface area contributed by atoms with Crippen molar-refractivity contribution in [3.63, 3.8) is 0 Å². The van der Waals surface area contributed by atoms with Gasteiger partial charge in [-0.3, -0.25) is 0 Å². The van der Waals surface area contributed by atoms with Gasteiger partial charge in [0.05, 0.1) is 0 Å². The summed E-state index contributed by atoms with van der Waals surface area (Å²) in [5, 5.41) is 7.46. The summed E-state index contributed by atoms with van der Waals surface area (Å²) in [6.45, 7) is 1.94. The van der Waals surface area contributed by atoms with Crippen molar-refractivity contribution in [3.05, 3.63) is 59.6 Å². The molecular weight excluding hydrogens is 264 g/mol. The van der Waals surface area contributed by atoms with E-state index in [4.69, 9.17) is 4.52 Å². The van der Waals surface area contributed by atoms with Crippen LogP contribution in [-0.4, -0.2) is 15.1 Å². The van der Waals surface area contributed by atoms with Gasteiger partial charge in [-0.2, -0.15) is 4.98 Å². The summed E-state index contributed by atoms with van der Waals surface area (Å²) in [6.07, 6.45) is 0.860. The average molecular weight is 278 g/mol. The Morgan fingerprint density at radius 2 is 2.00 bits per heavy atom. The maximum atomic E-state index is 5.41. The molecule has 3 heterocycles. The van der Waals surface area contributed by atoms with Crippen LogP contribution in [0.2, 0.25) is 0 Å². The largest absolute Gasteiger partial charge is 0.373 e. The Hall–Kier alpha value is -2.69. The number of fused-ring (bicyclic) bond motifs is 1. The fourth-order valence-electron chi connectivity index (χ4n) is 2.60. The molecule has 1 N–H and O–H groups in total. The normalized spacial score (nSPS) is 16.5. The highest BCUT2D eigenvalue weighted by Gasteiger charge is 2.26. The van der Waals surface area contributed by atoms with E-state index in [0.717, 1.165) is 23.5 Å². The molecule has 4 rings (SSSR count). The molecule has 0 fully saturated rings. The fraction of sp³-hybridized carbons (Fsp3) is 0.188. The zero-order valence-electron chi connectivity index (χ0n) is 11.6. The second-order valence-corrected chi connectivity index (χ2v) is 5.18. The smallest absolute Gasteiger partial charge is 0.249 e. The number of pyridine rings is 1. The van der Waals surface area contributed by atoms with Crippen molar-refractivity contribution in [1.29, 1.82) is 0 Å². The van der Waals surface area contributed by atoms with Crippen LogP contribution in [-0.2, 0) is 6.42 Å². The van der Waals surface area contributed by atoms with E-state index in [1.54, 1.807) is 0 Å². The zero-order chi connectivity index (χ0) is 14.2. The molecule has 3 aromatic rings. The summed E-state index contributed by atoms with van der Waals surface area (Å²) in [5.74, 6) is 1.14. The number of hydrogen-bond donors (Lipinski definition) is 1. The molecule has 0 spiro atoms. The third-order valence-electron chi connectivity index (χ3n) is 3.63. The summed E-state index contributed by atoms with van der Waals surface area (Å²) >= 11 is 0. The second kappa shape index (κ2) is 4.70. The summed E-state index contributed by atoms with van der Waals surface area (Å²) in [6, 6.07) is 14.0. The molecule has 2 aromatic heterocycles. The minimum Gasteiger partial charge on any atom is -0.373 e. The molecule has 1 atom stereocenters. The van der Waals surface area contributed by atoms with E-state index in [1.807, 2.05) is 37.3 Å². The number of para-hydroxylation sites is 1. The number of anilines is 1. The minimum atomic E-state index is 0.0356. The topological polar surface area (TPSA) is 63.8 Å². The molecule has 104 valence electrons. The molecule has 0 saturated carbocycles. The lowest BCUT2D eigenvalue weighted by atomic mass is 10.1. The molecule has 0 amide bonds. The highest BCUT2D eigenvalue weighted by molar-refractivity contribution is 5.57. The molecule has 0 radical (unpaired) electrons. The Morgan fingerprint density at radius 3 is 2.86 bits per heavy atom. The molecule has 5 nitrogen and oxygen atoms in total. The molecule has 0 bridgehead atoms. The van der Waals surface area contributed by atoms with Gasteiger partial charge in [-0.1, -0.05) is 29.4 Å². The van der Waals surface area contributed by atoms with Crippen LogP contribution < -0.4 is 5.32 Å². The molecule has 1 aliphatic rings. The zero-order valence-corrected chi connectivity index (χ0v) is 11.6. The molecule has 5 heteroatoms. The molecule has 21 heavy (non-hydrogen) atoms. The van der Waals surface area contributed by atoms with Crippen LogP contribution in [0.15, 0.2) is 47.0 Å². The van der Waals surface area contributed by atoms with Gasteiger partial charge in [0.25, 0.3) is 0 Å². The van der Waals surface area contributed by atoms with Gasteiger partial charge < -0.3 is 9.84 Å². The van der Waals surface area contributed by atoms with E-state index in [0.29, 0.717) is 11.7 Å². The van der Waals surface area contributed by atoms with Crippen molar-refractivity contribution >= 4 is 5.69 Å². The number of hydrogen-bond acceptors (Lipinski definition) is 5. The van der Waals surface area contributed by atoms with Crippen LogP contribution in [0, 0.1) is 6.92 Å². The van der Waals surface area contributed by atoms with Crippen LogP contribution in [0.5, 0.6) is 0 Å². The van der Waals surface area contributed by atoms with Crippen LogP contribution in [0.4, 0.5) is 5.69 Å². The maximum absolute atomic E-state index is 5.41. The van der Waals surface area contributed by atoms with Gasteiger partial charge in [-0.05, 0) is 30.7 Å². The van der Waals surface area contributed by atoms with Crippen molar-refractivity contribution in [2.75, 3.05) is 5.32 Å². The lowest BCUT2D eigenvalue weighted by Crippen LogP contribution is -2.05. The lowest BCUT2D eigenvalue weighted by Gasteiger charge is -2.04. The van der Waals surface area contributed by atoms with Crippen LogP contribution in [0.1, 0.15) is 23.2 Å². The minimum absolute atomic E-state index is 0.0356. The van der Waals surface area contributed by atoms with Gasteiger partial charge >= 0.3 is 0 Å². The highest BCUT2D eigenvalue weighted by atomic mass is 16.5. The van der Waals surface area contributed by atoms with Crippen molar-refractivity contribution < 1.29 is 4.52 Å². The molecule has 0 saturated heterocycles. The highest BCUT2D eigenvalue weighted by Crippen LogP contribution is 2.33. The standard InChI is InChI=1S/C16H14N4O/c1-10-5-4-8-13(17-10)15-19-16(21-20-15)14-9-11-6-2-3-7-12(11)18-14/h2-8,14,18H,9H2,1H3. The Labute approximate surface area is 122 Å². The number of aryl methyl sites for hydroxylation is 1. The Balaban J connectivity index is 1.62. The Kier molecular flexibility index (Phi) is 2.70. The number of nitrogens with zero attached hydrogens (tertiary/aromatic N) is 3. The van der Waals surface area contributed by atoms with Gasteiger partial charge in [0.2, 0.25) is 11.7 Å². The van der Waals surface area contributed by atoms with Gasteiger partial charge in [0.1, 0.15) is 11.7 Å². The molecule has 1 unspecified atom stereocenters. The van der Waals surface area contributed by atoms with E-state index >= 15 is 0 Å². The van der Waals surface area contributed by atoms with E-state index in [9.17, 15) is 0 Å². The van der Waals surface area contributed by atoms with Crippen LogP contribution in [0.3, 0.4) is 0 Å². The van der Waals surface area contributed by atoms with Gasteiger partial charge in [0.15, 0.2) is 0 Å². The SMILES string of the molecule is Cc1cccc(-c2noc(C3Cc4ccccc4N3)n2)n1. The van der Waals surface area contributed by atoms with Crippen molar-refractivity contribution in [3.8, 4) is 11.5 Å². The molecular formula is C16H14N4O. The third kappa shape index (κ3) is 2.16. The van der Waals surface area contributed by atoms with E-state index < -0.39 is 0 Å². The number of nitrogens with one attached hydrogen (secondary N) is 1. The van der Waals surface area contributed by atoms with E-state index in [-0.39, 0.29) is 6.04 Å². The summed E-state index contributed by atoms with van der Waals surface area (Å²) in [7, 11) is 0. The number of aromatic nitrogens is 3. The molecule has 1 aliphatic heterocycles. The second-order valence-electron chi connectivity index (χ2n) is 5.18. The van der Waals surface area contributed by atoms with E-state index in [2.05, 4.69) is 32.6 Å². The maximum Gasteiger partial charge on any atom is 0.249 e. The molecule has 1 aromatic carbocycles. The monoisotopic (exact) mass is 278 g/mol. The summed E-state index contributed by atoms with van der Waals surface area (Å²) < 4.78 is 5.41.